The normalized spacial score (nSPS) is 18.5. The molecule has 1 aliphatic rings. The van der Waals surface area contributed by atoms with E-state index in [-0.39, 0.29) is 19.1 Å². The van der Waals surface area contributed by atoms with E-state index in [9.17, 15) is 14.7 Å². The molecule has 1 atom stereocenters. The Balaban J connectivity index is 2.04. The standard InChI is InChI=1S/C19H15BrCl2N2O3/c20-14-4-1-11(2-5-14)18-13(7-17(25)26)9-23-19(27)24(18)10-12-3-6-15(21)8-16(12)22/h1-8,18H,9-10H2,(H,23,27)(H,25,26)/b13-7+. The number of aliphatic carboxylic acids is 1. The molecule has 2 aromatic rings. The van der Waals surface area contributed by atoms with E-state index in [0.29, 0.717) is 15.6 Å². The number of carbonyl (C=O) groups excluding carboxylic acids is 1. The van der Waals surface area contributed by atoms with Gasteiger partial charge in [-0.3, -0.25) is 0 Å². The van der Waals surface area contributed by atoms with Gasteiger partial charge in [0.1, 0.15) is 0 Å². The van der Waals surface area contributed by atoms with Crippen molar-refractivity contribution in [1.82, 2.24) is 10.2 Å². The molecule has 8 heteroatoms. The molecule has 1 unspecified atom stereocenters. The highest BCUT2D eigenvalue weighted by Crippen LogP contribution is 2.34. The highest BCUT2D eigenvalue weighted by molar-refractivity contribution is 9.10. The number of hydrogen-bond acceptors (Lipinski definition) is 2. The number of amides is 2. The lowest BCUT2D eigenvalue weighted by atomic mass is 9.94. The maximum atomic E-state index is 12.6. The van der Waals surface area contributed by atoms with Crippen molar-refractivity contribution in [2.24, 2.45) is 0 Å². The third-order valence-electron chi connectivity index (χ3n) is 4.22. The van der Waals surface area contributed by atoms with Crippen LogP contribution < -0.4 is 5.32 Å². The van der Waals surface area contributed by atoms with Gasteiger partial charge in [-0.05, 0) is 41.0 Å². The number of halogens is 3. The summed E-state index contributed by atoms with van der Waals surface area (Å²) in [5.41, 5.74) is 2.11. The first kappa shape index (κ1) is 19.7. The van der Waals surface area contributed by atoms with Gasteiger partial charge in [-0.1, -0.05) is 57.3 Å². The van der Waals surface area contributed by atoms with Gasteiger partial charge in [-0.25, -0.2) is 9.59 Å². The van der Waals surface area contributed by atoms with Crippen LogP contribution in [0.25, 0.3) is 0 Å². The number of nitrogens with zero attached hydrogens (tertiary/aromatic N) is 1. The minimum atomic E-state index is -1.06. The maximum Gasteiger partial charge on any atom is 0.328 e. The zero-order valence-electron chi connectivity index (χ0n) is 14.0. The van der Waals surface area contributed by atoms with Gasteiger partial charge >= 0.3 is 12.0 Å². The SMILES string of the molecule is O=C(O)/C=C1\CNC(=O)N(Cc2ccc(Cl)cc2Cl)C1c1ccc(Br)cc1. The van der Waals surface area contributed by atoms with Crippen LogP contribution in [-0.4, -0.2) is 28.6 Å². The van der Waals surface area contributed by atoms with E-state index in [1.54, 1.807) is 23.1 Å². The fourth-order valence-electron chi connectivity index (χ4n) is 3.02. The predicted octanol–water partition coefficient (Wildman–Crippen LogP) is 5.03. The fourth-order valence-corrected chi connectivity index (χ4v) is 3.75. The molecule has 0 saturated carbocycles. The molecule has 1 aliphatic heterocycles. The summed E-state index contributed by atoms with van der Waals surface area (Å²) in [6.07, 6.45) is 1.14. The van der Waals surface area contributed by atoms with E-state index in [0.717, 1.165) is 21.7 Å². The van der Waals surface area contributed by atoms with Gasteiger partial charge in [0, 0.05) is 33.7 Å². The summed E-state index contributed by atoms with van der Waals surface area (Å²) in [4.78, 5) is 25.5. The summed E-state index contributed by atoms with van der Waals surface area (Å²) >= 11 is 15.6. The van der Waals surface area contributed by atoms with Crippen LogP contribution in [0.3, 0.4) is 0 Å². The number of carboxylic acids is 1. The zero-order chi connectivity index (χ0) is 19.6. The molecule has 2 amide bonds. The van der Waals surface area contributed by atoms with Crippen molar-refractivity contribution in [2.45, 2.75) is 12.6 Å². The summed E-state index contributed by atoms with van der Waals surface area (Å²) < 4.78 is 0.891. The molecule has 5 nitrogen and oxygen atoms in total. The number of carbonyl (C=O) groups is 2. The summed E-state index contributed by atoms with van der Waals surface area (Å²) in [5, 5.41) is 12.9. The van der Waals surface area contributed by atoms with Gasteiger partial charge in [0.2, 0.25) is 0 Å². The predicted molar refractivity (Wildman–Crippen MR) is 108 cm³/mol. The van der Waals surface area contributed by atoms with Crippen molar-refractivity contribution in [1.29, 1.82) is 0 Å². The molecule has 140 valence electrons. The Morgan fingerprint density at radius 2 is 1.96 bits per heavy atom. The molecule has 2 N–H and O–H groups in total. The smallest absolute Gasteiger partial charge is 0.328 e. The Bertz CT molecular complexity index is 916. The third-order valence-corrected chi connectivity index (χ3v) is 5.33. The van der Waals surface area contributed by atoms with Crippen LogP contribution in [0, 0.1) is 0 Å². The van der Waals surface area contributed by atoms with Crippen LogP contribution in [0.1, 0.15) is 17.2 Å². The molecule has 2 aromatic carbocycles. The van der Waals surface area contributed by atoms with E-state index >= 15 is 0 Å². The molecule has 0 radical (unpaired) electrons. The van der Waals surface area contributed by atoms with Crippen LogP contribution in [0.4, 0.5) is 4.79 Å². The quantitative estimate of drug-likeness (QED) is 0.616. The molecule has 1 fully saturated rings. The van der Waals surface area contributed by atoms with Crippen LogP contribution in [0.5, 0.6) is 0 Å². The molecule has 0 spiro atoms. The Hall–Kier alpha value is -2.02. The molecule has 0 bridgehead atoms. The van der Waals surface area contributed by atoms with Gasteiger partial charge in [0.05, 0.1) is 6.04 Å². The van der Waals surface area contributed by atoms with Crippen LogP contribution in [-0.2, 0) is 11.3 Å². The van der Waals surface area contributed by atoms with Gasteiger partial charge in [0.25, 0.3) is 0 Å². The van der Waals surface area contributed by atoms with Crippen molar-refractivity contribution in [3.05, 3.63) is 79.8 Å². The molecule has 3 rings (SSSR count). The summed E-state index contributed by atoms with van der Waals surface area (Å²) in [6, 6.07) is 11.7. The lowest BCUT2D eigenvalue weighted by Gasteiger charge is -2.38. The van der Waals surface area contributed by atoms with Crippen LogP contribution in [0.2, 0.25) is 10.0 Å². The maximum absolute atomic E-state index is 12.6. The number of nitrogens with one attached hydrogen (secondary N) is 1. The molecule has 1 heterocycles. The van der Waals surface area contributed by atoms with E-state index in [1.165, 1.54) is 0 Å². The minimum Gasteiger partial charge on any atom is -0.478 e. The van der Waals surface area contributed by atoms with Crippen LogP contribution in [0.15, 0.2) is 58.6 Å². The topological polar surface area (TPSA) is 69.6 Å². The number of benzene rings is 2. The highest BCUT2D eigenvalue weighted by Gasteiger charge is 2.33. The van der Waals surface area contributed by atoms with Gasteiger partial charge in [-0.2, -0.15) is 0 Å². The second kappa shape index (κ2) is 8.33. The molecular weight excluding hydrogens is 455 g/mol. The lowest BCUT2D eigenvalue weighted by Crippen LogP contribution is -2.49. The van der Waals surface area contributed by atoms with Gasteiger partial charge < -0.3 is 15.3 Å². The molecular formula is C19H15BrCl2N2O3. The average Bonchev–Trinajstić information content (AvgIpc) is 2.60. The van der Waals surface area contributed by atoms with E-state index < -0.39 is 12.0 Å². The molecule has 0 aliphatic carbocycles. The highest BCUT2D eigenvalue weighted by atomic mass is 79.9. The van der Waals surface area contributed by atoms with Crippen molar-refractivity contribution in [2.75, 3.05) is 6.54 Å². The second-order valence-electron chi connectivity index (χ2n) is 6.03. The number of rotatable bonds is 4. The van der Waals surface area contributed by atoms with Crippen molar-refractivity contribution in [3.63, 3.8) is 0 Å². The summed E-state index contributed by atoms with van der Waals surface area (Å²) in [7, 11) is 0. The summed E-state index contributed by atoms with van der Waals surface area (Å²) in [6.45, 7) is 0.371. The lowest BCUT2D eigenvalue weighted by molar-refractivity contribution is -0.131. The third kappa shape index (κ3) is 4.64. The Labute approximate surface area is 174 Å². The Morgan fingerprint density at radius 3 is 2.59 bits per heavy atom. The van der Waals surface area contributed by atoms with E-state index in [1.807, 2.05) is 24.3 Å². The first-order valence-corrected chi connectivity index (χ1v) is 9.57. The number of urea groups is 1. The van der Waals surface area contributed by atoms with Gasteiger partial charge in [0.15, 0.2) is 0 Å². The molecule has 27 heavy (non-hydrogen) atoms. The number of carboxylic acid groups (broad SMARTS) is 1. The first-order chi connectivity index (χ1) is 12.8. The summed E-state index contributed by atoms with van der Waals surface area (Å²) in [5.74, 6) is -1.06. The first-order valence-electron chi connectivity index (χ1n) is 8.02. The van der Waals surface area contributed by atoms with Crippen molar-refractivity contribution < 1.29 is 14.7 Å². The second-order valence-corrected chi connectivity index (χ2v) is 7.79. The zero-order valence-corrected chi connectivity index (χ0v) is 17.1. The molecule has 0 aromatic heterocycles. The van der Waals surface area contributed by atoms with Crippen molar-refractivity contribution >= 4 is 51.1 Å². The van der Waals surface area contributed by atoms with Crippen molar-refractivity contribution in [3.8, 4) is 0 Å². The monoisotopic (exact) mass is 468 g/mol. The van der Waals surface area contributed by atoms with E-state index in [4.69, 9.17) is 23.2 Å². The largest absolute Gasteiger partial charge is 0.478 e. The van der Waals surface area contributed by atoms with Gasteiger partial charge in [-0.15, -0.1) is 0 Å². The number of hydrogen-bond donors (Lipinski definition) is 2. The Morgan fingerprint density at radius 1 is 1.26 bits per heavy atom. The minimum absolute atomic E-state index is 0.163. The van der Waals surface area contributed by atoms with Crippen LogP contribution >= 0.6 is 39.1 Å². The fraction of sp³-hybridized carbons (Fsp3) is 0.158. The molecule has 1 saturated heterocycles. The van der Waals surface area contributed by atoms with E-state index in [2.05, 4.69) is 21.2 Å². The Kier molecular flexibility index (Phi) is 6.09. The average molecular weight is 470 g/mol.